The fraction of sp³-hybridized carbons (Fsp3) is 0.474. The molecule has 0 unspecified atom stereocenters. The van der Waals surface area contributed by atoms with Crippen molar-refractivity contribution >= 4 is 11.8 Å². The summed E-state index contributed by atoms with van der Waals surface area (Å²) in [4.78, 5) is 33.0. The molecule has 2 saturated heterocycles. The Bertz CT molecular complexity index is 793. The van der Waals surface area contributed by atoms with Crippen LogP contribution in [0.2, 0.25) is 0 Å². The van der Waals surface area contributed by atoms with E-state index in [-0.39, 0.29) is 17.7 Å². The topological polar surface area (TPSA) is 91.4 Å². The molecular formula is C19H23N5O3. The predicted molar refractivity (Wildman–Crippen MR) is 97.8 cm³/mol. The molecule has 4 heterocycles. The second kappa shape index (κ2) is 7.87. The number of amides is 2. The molecule has 0 bridgehead atoms. The highest BCUT2D eigenvalue weighted by Crippen LogP contribution is 2.23. The van der Waals surface area contributed by atoms with Crippen molar-refractivity contribution in [2.75, 3.05) is 39.4 Å². The lowest BCUT2D eigenvalue weighted by Crippen LogP contribution is -2.47. The Morgan fingerprint density at radius 2 is 1.74 bits per heavy atom. The van der Waals surface area contributed by atoms with Gasteiger partial charge < -0.3 is 14.5 Å². The lowest BCUT2D eigenvalue weighted by molar-refractivity contribution is -0.141. The highest BCUT2D eigenvalue weighted by Gasteiger charge is 2.31. The first-order chi connectivity index (χ1) is 13.2. The van der Waals surface area contributed by atoms with Crippen molar-refractivity contribution in [2.24, 2.45) is 5.92 Å². The monoisotopic (exact) mass is 369 g/mol. The summed E-state index contributed by atoms with van der Waals surface area (Å²) in [6.45, 7) is 3.73. The summed E-state index contributed by atoms with van der Waals surface area (Å²) in [5.74, 6) is 0.104. The Balaban J connectivity index is 1.35. The van der Waals surface area contributed by atoms with E-state index in [4.69, 9.17) is 4.74 Å². The highest BCUT2D eigenvalue weighted by atomic mass is 16.5. The Morgan fingerprint density at radius 3 is 2.44 bits per heavy atom. The summed E-state index contributed by atoms with van der Waals surface area (Å²) >= 11 is 0. The van der Waals surface area contributed by atoms with Gasteiger partial charge in [-0.15, -0.1) is 0 Å². The molecule has 0 saturated carbocycles. The number of nitrogens with zero attached hydrogens (tertiary/aromatic N) is 4. The molecule has 4 rings (SSSR count). The Morgan fingerprint density at radius 1 is 1.04 bits per heavy atom. The molecule has 2 amide bonds. The number of carbonyl (C=O) groups is 2. The van der Waals surface area contributed by atoms with Crippen molar-refractivity contribution in [2.45, 2.75) is 12.8 Å². The first kappa shape index (κ1) is 17.7. The van der Waals surface area contributed by atoms with Crippen molar-refractivity contribution in [3.05, 3.63) is 36.3 Å². The minimum absolute atomic E-state index is 0.00119. The average molecular weight is 369 g/mol. The average Bonchev–Trinajstić information content (AvgIpc) is 3.24. The first-order valence-corrected chi connectivity index (χ1v) is 9.34. The third-order valence-electron chi connectivity index (χ3n) is 5.24. The van der Waals surface area contributed by atoms with E-state index in [2.05, 4.69) is 15.2 Å². The van der Waals surface area contributed by atoms with Crippen LogP contribution in [0.25, 0.3) is 11.3 Å². The number of hydrogen-bond acceptors (Lipinski definition) is 5. The van der Waals surface area contributed by atoms with E-state index in [1.54, 1.807) is 23.4 Å². The molecule has 0 spiro atoms. The summed E-state index contributed by atoms with van der Waals surface area (Å²) in [7, 11) is 0. The molecule has 2 aliphatic heterocycles. The number of morpholine rings is 1. The van der Waals surface area contributed by atoms with Gasteiger partial charge >= 0.3 is 0 Å². The van der Waals surface area contributed by atoms with Crippen molar-refractivity contribution < 1.29 is 14.3 Å². The van der Waals surface area contributed by atoms with Crippen molar-refractivity contribution in [3.63, 3.8) is 0 Å². The van der Waals surface area contributed by atoms with Crippen LogP contribution in [-0.2, 0) is 9.53 Å². The molecule has 0 aromatic carbocycles. The van der Waals surface area contributed by atoms with Gasteiger partial charge in [0.1, 0.15) is 0 Å². The van der Waals surface area contributed by atoms with Crippen molar-refractivity contribution in [3.8, 4) is 11.3 Å². The number of ether oxygens (including phenoxy) is 1. The predicted octanol–water partition coefficient (Wildman–Crippen LogP) is 1.18. The van der Waals surface area contributed by atoms with Gasteiger partial charge in [-0.05, 0) is 31.0 Å². The Hall–Kier alpha value is -2.74. The highest BCUT2D eigenvalue weighted by molar-refractivity contribution is 5.93. The summed E-state index contributed by atoms with van der Waals surface area (Å²) in [5.41, 5.74) is 2.13. The van der Waals surface area contributed by atoms with E-state index < -0.39 is 0 Å². The number of piperidine rings is 1. The largest absolute Gasteiger partial charge is 0.378 e. The molecule has 2 fully saturated rings. The van der Waals surface area contributed by atoms with Crippen LogP contribution in [-0.4, -0.2) is 76.2 Å². The summed E-state index contributed by atoms with van der Waals surface area (Å²) in [6.07, 6.45) is 4.80. The van der Waals surface area contributed by atoms with Crippen LogP contribution in [0.1, 0.15) is 23.3 Å². The fourth-order valence-electron chi connectivity index (χ4n) is 3.64. The maximum absolute atomic E-state index is 12.7. The molecule has 2 aromatic heterocycles. The minimum Gasteiger partial charge on any atom is -0.378 e. The fourth-order valence-corrected chi connectivity index (χ4v) is 3.64. The van der Waals surface area contributed by atoms with E-state index >= 15 is 0 Å². The molecule has 2 aromatic rings. The van der Waals surface area contributed by atoms with Gasteiger partial charge in [-0.3, -0.25) is 19.7 Å². The van der Waals surface area contributed by atoms with Crippen LogP contribution in [0, 0.1) is 5.92 Å². The number of carbonyl (C=O) groups excluding carboxylic acids is 2. The standard InChI is InChI=1S/C19H23N5O3/c25-18(24-9-11-27-12-10-24)15-3-7-23(8-4-15)19(26)17-13-16(21-22-17)14-1-5-20-6-2-14/h1-2,5-6,13,15H,3-4,7-12H2,(H,21,22). The smallest absolute Gasteiger partial charge is 0.274 e. The molecular weight excluding hydrogens is 346 g/mol. The number of aromatic nitrogens is 3. The lowest BCUT2D eigenvalue weighted by Gasteiger charge is -2.35. The van der Waals surface area contributed by atoms with Crippen LogP contribution in [0.4, 0.5) is 0 Å². The number of pyridine rings is 1. The zero-order valence-electron chi connectivity index (χ0n) is 15.1. The third kappa shape index (κ3) is 3.85. The molecule has 8 heteroatoms. The van der Waals surface area contributed by atoms with Gasteiger partial charge in [-0.25, -0.2) is 0 Å². The second-order valence-electron chi connectivity index (χ2n) is 6.91. The summed E-state index contributed by atoms with van der Waals surface area (Å²) in [5, 5.41) is 7.08. The van der Waals surface area contributed by atoms with Gasteiger partial charge in [-0.1, -0.05) is 0 Å². The summed E-state index contributed by atoms with van der Waals surface area (Å²) < 4.78 is 5.31. The third-order valence-corrected chi connectivity index (χ3v) is 5.24. The number of aromatic amines is 1. The van der Waals surface area contributed by atoms with Gasteiger partial charge in [0.2, 0.25) is 5.91 Å². The summed E-state index contributed by atoms with van der Waals surface area (Å²) in [6, 6.07) is 5.50. The maximum Gasteiger partial charge on any atom is 0.274 e. The zero-order valence-corrected chi connectivity index (χ0v) is 15.1. The number of hydrogen-bond donors (Lipinski definition) is 1. The van der Waals surface area contributed by atoms with E-state index in [9.17, 15) is 9.59 Å². The molecule has 142 valence electrons. The lowest BCUT2D eigenvalue weighted by atomic mass is 9.95. The minimum atomic E-state index is -0.0937. The van der Waals surface area contributed by atoms with Gasteiger partial charge in [0, 0.05) is 50.1 Å². The number of nitrogens with one attached hydrogen (secondary N) is 1. The molecule has 0 atom stereocenters. The van der Waals surface area contributed by atoms with Crippen LogP contribution < -0.4 is 0 Å². The number of H-pyrrole nitrogens is 1. The van der Waals surface area contributed by atoms with Crippen LogP contribution in [0.15, 0.2) is 30.6 Å². The molecule has 0 aliphatic carbocycles. The van der Waals surface area contributed by atoms with E-state index in [0.717, 1.165) is 11.3 Å². The Labute approximate surface area is 157 Å². The molecule has 2 aliphatic rings. The zero-order chi connectivity index (χ0) is 18.6. The Kier molecular flexibility index (Phi) is 5.15. The molecule has 1 N–H and O–H groups in total. The maximum atomic E-state index is 12.7. The molecule has 0 radical (unpaired) electrons. The first-order valence-electron chi connectivity index (χ1n) is 9.34. The van der Waals surface area contributed by atoms with Gasteiger partial charge in [0.05, 0.1) is 18.9 Å². The molecule has 8 nitrogen and oxygen atoms in total. The SMILES string of the molecule is O=C(c1cc(-c2ccncc2)[nH]n1)N1CCC(C(=O)N2CCOCC2)CC1. The van der Waals surface area contributed by atoms with Gasteiger partial charge in [0.25, 0.3) is 5.91 Å². The van der Waals surface area contributed by atoms with E-state index in [0.29, 0.717) is 57.9 Å². The number of likely N-dealkylation sites (tertiary alicyclic amines) is 1. The normalized spacial score (nSPS) is 18.5. The van der Waals surface area contributed by atoms with Crippen LogP contribution in [0.3, 0.4) is 0 Å². The second-order valence-corrected chi connectivity index (χ2v) is 6.91. The van der Waals surface area contributed by atoms with Crippen LogP contribution >= 0.6 is 0 Å². The molecule has 27 heavy (non-hydrogen) atoms. The van der Waals surface area contributed by atoms with Gasteiger partial charge in [0.15, 0.2) is 5.69 Å². The van der Waals surface area contributed by atoms with Crippen molar-refractivity contribution in [1.82, 2.24) is 25.0 Å². The van der Waals surface area contributed by atoms with E-state index in [1.807, 2.05) is 17.0 Å². The van der Waals surface area contributed by atoms with E-state index in [1.165, 1.54) is 0 Å². The quantitative estimate of drug-likeness (QED) is 0.877. The van der Waals surface area contributed by atoms with Gasteiger partial charge in [-0.2, -0.15) is 5.10 Å². The van der Waals surface area contributed by atoms with Crippen molar-refractivity contribution in [1.29, 1.82) is 0 Å². The van der Waals surface area contributed by atoms with Crippen LogP contribution in [0.5, 0.6) is 0 Å². The number of rotatable bonds is 3.